The van der Waals surface area contributed by atoms with Crippen LogP contribution in [0.4, 0.5) is 5.69 Å². The average Bonchev–Trinajstić information content (AvgIpc) is 2.69. The fraction of sp³-hybridized carbons (Fsp3) is 0.130. The van der Waals surface area contributed by atoms with Gasteiger partial charge in [0, 0.05) is 11.3 Å². The second-order valence-electron chi connectivity index (χ2n) is 6.31. The van der Waals surface area contributed by atoms with E-state index in [-0.39, 0.29) is 5.91 Å². The van der Waals surface area contributed by atoms with E-state index < -0.39 is 12.1 Å². The summed E-state index contributed by atoms with van der Waals surface area (Å²) >= 11 is 0. The van der Waals surface area contributed by atoms with Gasteiger partial charge in [0.15, 0.2) is 6.10 Å². The van der Waals surface area contributed by atoms with Gasteiger partial charge in [-0.3, -0.25) is 4.79 Å². The smallest absolute Gasteiger partial charge is 0.338 e. The quantitative estimate of drug-likeness (QED) is 0.663. The molecule has 136 valence electrons. The summed E-state index contributed by atoms with van der Waals surface area (Å²) in [4.78, 5) is 24.7. The van der Waals surface area contributed by atoms with Crippen LogP contribution in [0.2, 0.25) is 0 Å². The molecule has 4 nitrogen and oxygen atoms in total. The van der Waals surface area contributed by atoms with Gasteiger partial charge in [-0.15, -0.1) is 0 Å². The van der Waals surface area contributed by atoms with Crippen LogP contribution in [0.3, 0.4) is 0 Å². The number of amides is 1. The van der Waals surface area contributed by atoms with Gasteiger partial charge in [0.2, 0.25) is 0 Å². The number of esters is 1. The van der Waals surface area contributed by atoms with Crippen LogP contribution in [0, 0.1) is 6.92 Å². The predicted octanol–water partition coefficient (Wildman–Crippen LogP) is 4.85. The van der Waals surface area contributed by atoms with E-state index in [0.717, 1.165) is 16.7 Å². The van der Waals surface area contributed by atoms with Crippen molar-refractivity contribution < 1.29 is 14.3 Å². The van der Waals surface area contributed by atoms with Gasteiger partial charge in [-0.2, -0.15) is 0 Å². The highest BCUT2D eigenvalue weighted by molar-refractivity contribution is 5.99. The molecular formula is C23H21NO3. The number of hydrogen-bond donors (Lipinski definition) is 1. The molecule has 0 unspecified atom stereocenters. The molecule has 1 N–H and O–H groups in total. The molecule has 0 aliphatic rings. The standard InChI is InChI=1S/C23H21NO3/c1-16-12-14-19(15-13-16)23(26)27-17(2)22(25)24-21-11-7-6-10-20(21)18-8-4-3-5-9-18/h3-15,17H,1-2H3,(H,24,25)/t17-/m0/s1. The number of hydrogen-bond acceptors (Lipinski definition) is 3. The van der Waals surface area contributed by atoms with Gasteiger partial charge in [0.1, 0.15) is 0 Å². The highest BCUT2D eigenvalue weighted by Gasteiger charge is 2.20. The molecule has 0 radical (unpaired) electrons. The van der Waals surface area contributed by atoms with Gasteiger partial charge in [0.05, 0.1) is 5.56 Å². The molecule has 0 saturated heterocycles. The number of para-hydroxylation sites is 1. The first kappa shape index (κ1) is 18.4. The zero-order chi connectivity index (χ0) is 19.2. The lowest BCUT2D eigenvalue weighted by Crippen LogP contribution is -2.30. The molecule has 0 aromatic heterocycles. The van der Waals surface area contributed by atoms with Gasteiger partial charge in [-0.25, -0.2) is 4.79 Å². The largest absolute Gasteiger partial charge is 0.449 e. The first-order valence-corrected chi connectivity index (χ1v) is 8.77. The van der Waals surface area contributed by atoms with E-state index in [4.69, 9.17) is 4.74 Å². The van der Waals surface area contributed by atoms with Gasteiger partial charge in [-0.1, -0.05) is 66.2 Å². The molecule has 3 aromatic carbocycles. The van der Waals surface area contributed by atoms with Crippen LogP contribution >= 0.6 is 0 Å². The first-order chi connectivity index (χ1) is 13.0. The number of anilines is 1. The molecule has 0 aliphatic carbocycles. The normalized spacial score (nSPS) is 11.5. The summed E-state index contributed by atoms with van der Waals surface area (Å²) in [5, 5.41) is 2.86. The topological polar surface area (TPSA) is 55.4 Å². The van der Waals surface area contributed by atoms with E-state index in [9.17, 15) is 9.59 Å². The summed E-state index contributed by atoms with van der Waals surface area (Å²) in [6, 6.07) is 24.4. The molecule has 0 saturated carbocycles. The van der Waals surface area contributed by atoms with Crippen molar-refractivity contribution in [2.75, 3.05) is 5.32 Å². The van der Waals surface area contributed by atoms with Crippen LogP contribution in [-0.2, 0) is 9.53 Å². The zero-order valence-electron chi connectivity index (χ0n) is 15.3. The highest BCUT2D eigenvalue weighted by atomic mass is 16.5. The summed E-state index contributed by atoms with van der Waals surface area (Å²) in [5.41, 5.74) is 4.05. The van der Waals surface area contributed by atoms with E-state index in [1.807, 2.05) is 73.7 Å². The van der Waals surface area contributed by atoms with Crippen LogP contribution in [0.5, 0.6) is 0 Å². The third-order valence-electron chi connectivity index (χ3n) is 4.21. The molecule has 27 heavy (non-hydrogen) atoms. The van der Waals surface area contributed by atoms with Crippen molar-refractivity contribution in [1.82, 2.24) is 0 Å². The summed E-state index contributed by atoms with van der Waals surface area (Å²) in [6.07, 6.45) is -0.914. The molecule has 0 heterocycles. The van der Waals surface area contributed by atoms with E-state index >= 15 is 0 Å². The fourth-order valence-corrected chi connectivity index (χ4v) is 2.67. The number of aryl methyl sites for hydroxylation is 1. The molecule has 0 spiro atoms. The fourth-order valence-electron chi connectivity index (χ4n) is 2.67. The average molecular weight is 359 g/mol. The Balaban J connectivity index is 1.70. The maximum absolute atomic E-state index is 12.5. The minimum absolute atomic E-state index is 0.376. The number of nitrogens with one attached hydrogen (secondary N) is 1. The van der Waals surface area contributed by atoms with Gasteiger partial charge >= 0.3 is 5.97 Å². The van der Waals surface area contributed by atoms with Crippen LogP contribution in [0.25, 0.3) is 11.1 Å². The Hall–Kier alpha value is -3.40. The van der Waals surface area contributed by atoms with Crippen molar-refractivity contribution >= 4 is 17.6 Å². The van der Waals surface area contributed by atoms with E-state index in [1.165, 1.54) is 0 Å². The minimum atomic E-state index is -0.914. The Bertz CT molecular complexity index is 933. The van der Waals surface area contributed by atoms with Crippen LogP contribution in [0.15, 0.2) is 78.9 Å². The Morgan fingerprint density at radius 3 is 2.19 bits per heavy atom. The molecule has 4 heteroatoms. The monoisotopic (exact) mass is 359 g/mol. The number of carbonyl (C=O) groups is 2. The second-order valence-corrected chi connectivity index (χ2v) is 6.31. The third kappa shape index (κ3) is 4.61. The van der Waals surface area contributed by atoms with E-state index in [0.29, 0.717) is 11.3 Å². The minimum Gasteiger partial charge on any atom is -0.449 e. The predicted molar refractivity (Wildman–Crippen MR) is 107 cm³/mol. The number of rotatable bonds is 5. The number of benzene rings is 3. The number of carbonyl (C=O) groups excluding carboxylic acids is 2. The molecule has 0 fully saturated rings. The molecule has 3 aromatic rings. The zero-order valence-corrected chi connectivity index (χ0v) is 15.3. The van der Waals surface area contributed by atoms with Crippen molar-refractivity contribution in [3.05, 3.63) is 90.0 Å². The number of ether oxygens (including phenoxy) is 1. The molecule has 3 rings (SSSR count). The van der Waals surface area contributed by atoms with Crippen molar-refractivity contribution in [3.63, 3.8) is 0 Å². The van der Waals surface area contributed by atoms with E-state index in [2.05, 4.69) is 5.32 Å². The lowest BCUT2D eigenvalue weighted by Gasteiger charge is -2.16. The molecule has 1 amide bonds. The first-order valence-electron chi connectivity index (χ1n) is 8.77. The lowest BCUT2D eigenvalue weighted by molar-refractivity contribution is -0.123. The summed E-state index contributed by atoms with van der Waals surface area (Å²) in [5.74, 6) is -0.896. The molecule has 1 atom stereocenters. The Morgan fingerprint density at radius 2 is 1.48 bits per heavy atom. The lowest BCUT2D eigenvalue weighted by atomic mass is 10.0. The molecule has 0 bridgehead atoms. The van der Waals surface area contributed by atoms with Crippen LogP contribution in [-0.4, -0.2) is 18.0 Å². The van der Waals surface area contributed by atoms with Crippen molar-refractivity contribution in [1.29, 1.82) is 0 Å². The van der Waals surface area contributed by atoms with Crippen molar-refractivity contribution in [2.24, 2.45) is 0 Å². The maximum atomic E-state index is 12.5. The molecular weight excluding hydrogens is 338 g/mol. The second kappa shape index (κ2) is 8.32. The molecule has 0 aliphatic heterocycles. The highest BCUT2D eigenvalue weighted by Crippen LogP contribution is 2.27. The van der Waals surface area contributed by atoms with Crippen LogP contribution < -0.4 is 5.32 Å². The summed E-state index contributed by atoms with van der Waals surface area (Å²) in [7, 11) is 0. The van der Waals surface area contributed by atoms with E-state index in [1.54, 1.807) is 19.1 Å². The summed E-state index contributed by atoms with van der Waals surface area (Å²) in [6.45, 7) is 3.50. The van der Waals surface area contributed by atoms with Crippen molar-refractivity contribution in [2.45, 2.75) is 20.0 Å². The Labute approximate surface area is 158 Å². The van der Waals surface area contributed by atoms with Crippen LogP contribution in [0.1, 0.15) is 22.8 Å². The van der Waals surface area contributed by atoms with Crippen molar-refractivity contribution in [3.8, 4) is 11.1 Å². The SMILES string of the molecule is Cc1ccc(C(=O)O[C@@H](C)C(=O)Nc2ccccc2-c2ccccc2)cc1. The third-order valence-corrected chi connectivity index (χ3v) is 4.21. The van der Waals surface area contributed by atoms with Gasteiger partial charge < -0.3 is 10.1 Å². The summed E-state index contributed by atoms with van der Waals surface area (Å²) < 4.78 is 5.30. The Kier molecular flexibility index (Phi) is 5.67. The van der Waals surface area contributed by atoms with Gasteiger partial charge in [-0.05, 0) is 37.6 Å². The van der Waals surface area contributed by atoms with Gasteiger partial charge in [0.25, 0.3) is 5.91 Å². The maximum Gasteiger partial charge on any atom is 0.338 e. The Morgan fingerprint density at radius 1 is 0.852 bits per heavy atom.